The molecule has 0 saturated carbocycles. The fourth-order valence-corrected chi connectivity index (χ4v) is 2.70. The number of aryl methyl sites for hydroxylation is 1. The fraction of sp³-hybridized carbons (Fsp3) is 0.333. The Morgan fingerprint density at radius 1 is 1.10 bits per heavy atom. The van der Waals surface area contributed by atoms with Crippen LogP contribution in [0.25, 0.3) is 0 Å². The van der Waals surface area contributed by atoms with Gasteiger partial charge in [0.25, 0.3) is 0 Å². The maximum Gasteiger partial charge on any atom is 0.126 e. The third-order valence-corrected chi connectivity index (χ3v) is 3.69. The Labute approximate surface area is 126 Å². The lowest BCUT2D eigenvalue weighted by molar-refractivity contribution is 0.195. The molecule has 1 N–H and O–H groups in total. The van der Waals surface area contributed by atoms with E-state index < -0.39 is 6.10 Å². The van der Waals surface area contributed by atoms with Crippen molar-refractivity contribution < 1.29 is 9.84 Å². The average molecular weight is 285 g/mol. The molecule has 2 rings (SSSR count). The van der Waals surface area contributed by atoms with Gasteiger partial charge in [0, 0.05) is 17.8 Å². The van der Waals surface area contributed by atoms with E-state index in [0.717, 1.165) is 29.2 Å². The second-order valence-corrected chi connectivity index (χ2v) is 5.10. The van der Waals surface area contributed by atoms with Crippen LogP contribution in [0.4, 0.5) is 11.4 Å². The predicted molar refractivity (Wildman–Crippen MR) is 87.5 cm³/mol. The monoisotopic (exact) mass is 285 g/mol. The topological polar surface area (TPSA) is 32.7 Å². The van der Waals surface area contributed by atoms with E-state index in [1.165, 1.54) is 5.56 Å². The van der Waals surface area contributed by atoms with Gasteiger partial charge in [-0.05, 0) is 44.5 Å². The standard InChI is InChI=1S/C18H23NO2/c1-5-19(15-10-7-6-9-13(15)2)16-11-8-12-17(21-4)18(16)14(3)20/h6-12,14,20H,5H2,1-4H3/t14-/m0/s1. The van der Waals surface area contributed by atoms with Crippen molar-refractivity contribution in [3.63, 3.8) is 0 Å². The summed E-state index contributed by atoms with van der Waals surface area (Å²) < 4.78 is 5.42. The Hall–Kier alpha value is -2.00. The van der Waals surface area contributed by atoms with Crippen LogP contribution in [0.2, 0.25) is 0 Å². The van der Waals surface area contributed by atoms with Gasteiger partial charge in [-0.15, -0.1) is 0 Å². The number of ether oxygens (including phenoxy) is 1. The summed E-state index contributed by atoms with van der Waals surface area (Å²) in [6.45, 7) is 6.79. The maximum atomic E-state index is 10.2. The molecule has 2 aromatic carbocycles. The SMILES string of the molecule is CCN(c1ccccc1C)c1cccc(OC)c1[C@H](C)O. The number of benzene rings is 2. The number of aliphatic hydroxyl groups excluding tert-OH is 1. The molecular weight excluding hydrogens is 262 g/mol. The summed E-state index contributed by atoms with van der Waals surface area (Å²) in [6, 6.07) is 14.1. The van der Waals surface area contributed by atoms with Crippen LogP contribution < -0.4 is 9.64 Å². The van der Waals surface area contributed by atoms with Gasteiger partial charge in [-0.1, -0.05) is 24.3 Å². The molecule has 0 spiro atoms. The Kier molecular flexibility index (Phi) is 4.86. The molecule has 0 aromatic heterocycles. The molecule has 0 aliphatic carbocycles. The second-order valence-electron chi connectivity index (χ2n) is 5.10. The number of methoxy groups -OCH3 is 1. The molecule has 0 unspecified atom stereocenters. The number of hydrogen-bond acceptors (Lipinski definition) is 3. The lowest BCUT2D eigenvalue weighted by Gasteiger charge is -2.29. The van der Waals surface area contributed by atoms with Gasteiger partial charge in [0.2, 0.25) is 0 Å². The zero-order valence-electron chi connectivity index (χ0n) is 13.1. The lowest BCUT2D eigenvalue weighted by atomic mass is 10.0. The van der Waals surface area contributed by atoms with E-state index in [0.29, 0.717) is 0 Å². The summed E-state index contributed by atoms with van der Waals surface area (Å²) in [5.74, 6) is 0.717. The van der Waals surface area contributed by atoms with Crippen LogP contribution in [0.1, 0.15) is 31.1 Å². The number of aliphatic hydroxyl groups is 1. The quantitative estimate of drug-likeness (QED) is 0.893. The highest BCUT2D eigenvalue weighted by molar-refractivity contribution is 5.71. The van der Waals surface area contributed by atoms with Crippen molar-refractivity contribution in [3.05, 3.63) is 53.6 Å². The van der Waals surface area contributed by atoms with Crippen LogP contribution in [-0.4, -0.2) is 18.8 Å². The van der Waals surface area contributed by atoms with Crippen LogP contribution in [0.5, 0.6) is 5.75 Å². The van der Waals surface area contributed by atoms with Gasteiger partial charge in [0.15, 0.2) is 0 Å². The van der Waals surface area contributed by atoms with Gasteiger partial charge in [-0.3, -0.25) is 0 Å². The molecule has 0 bridgehead atoms. The summed E-state index contributed by atoms with van der Waals surface area (Å²) >= 11 is 0. The minimum Gasteiger partial charge on any atom is -0.496 e. The van der Waals surface area contributed by atoms with E-state index in [2.05, 4.69) is 30.9 Å². The van der Waals surface area contributed by atoms with Gasteiger partial charge in [-0.2, -0.15) is 0 Å². The van der Waals surface area contributed by atoms with E-state index in [4.69, 9.17) is 4.74 Å². The number of para-hydroxylation sites is 1. The summed E-state index contributed by atoms with van der Waals surface area (Å²) in [4.78, 5) is 2.21. The molecule has 112 valence electrons. The largest absolute Gasteiger partial charge is 0.496 e. The number of rotatable bonds is 5. The van der Waals surface area contributed by atoms with Crippen molar-refractivity contribution in [1.82, 2.24) is 0 Å². The minimum atomic E-state index is -0.589. The Bertz CT molecular complexity index is 608. The molecule has 0 saturated heterocycles. The van der Waals surface area contributed by atoms with Crippen LogP contribution in [0.3, 0.4) is 0 Å². The molecule has 3 heteroatoms. The molecule has 21 heavy (non-hydrogen) atoms. The van der Waals surface area contributed by atoms with Crippen LogP contribution in [-0.2, 0) is 0 Å². The van der Waals surface area contributed by atoms with Crippen molar-refractivity contribution in [2.24, 2.45) is 0 Å². The first-order valence-corrected chi connectivity index (χ1v) is 7.28. The van der Waals surface area contributed by atoms with Crippen LogP contribution in [0.15, 0.2) is 42.5 Å². The Morgan fingerprint density at radius 2 is 1.76 bits per heavy atom. The first kappa shape index (κ1) is 15.4. The molecule has 0 fully saturated rings. The summed E-state index contributed by atoms with van der Waals surface area (Å²) in [7, 11) is 1.63. The first-order valence-electron chi connectivity index (χ1n) is 7.28. The molecule has 0 heterocycles. The van der Waals surface area contributed by atoms with E-state index >= 15 is 0 Å². The van der Waals surface area contributed by atoms with Crippen molar-refractivity contribution in [2.75, 3.05) is 18.6 Å². The molecule has 0 radical (unpaired) electrons. The van der Waals surface area contributed by atoms with Crippen molar-refractivity contribution in [3.8, 4) is 5.75 Å². The lowest BCUT2D eigenvalue weighted by Crippen LogP contribution is -2.19. The van der Waals surface area contributed by atoms with E-state index in [-0.39, 0.29) is 0 Å². The zero-order valence-corrected chi connectivity index (χ0v) is 13.1. The second kappa shape index (κ2) is 6.64. The minimum absolute atomic E-state index is 0.589. The zero-order chi connectivity index (χ0) is 15.4. The number of anilines is 2. The number of nitrogens with zero attached hydrogens (tertiary/aromatic N) is 1. The van der Waals surface area contributed by atoms with Gasteiger partial charge in [0.05, 0.1) is 18.9 Å². The normalized spacial score (nSPS) is 12.0. The average Bonchev–Trinajstić information content (AvgIpc) is 2.49. The van der Waals surface area contributed by atoms with Gasteiger partial charge in [0.1, 0.15) is 5.75 Å². The van der Waals surface area contributed by atoms with Crippen molar-refractivity contribution >= 4 is 11.4 Å². The molecular formula is C18H23NO2. The fourth-order valence-electron chi connectivity index (χ4n) is 2.70. The molecule has 0 aliphatic rings. The molecule has 0 aliphatic heterocycles. The Balaban J connectivity index is 2.61. The van der Waals surface area contributed by atoms with Gasteiger partial charge >= 0.3 is 0 Å². The summed E-state index contributed by atoms with van der Waals surface area (Å²) in [5, 5.41) is 10.2. The predicted octanol–water partition coefficient (Wildman–Crippen LogP) is 4.21. The highest BCUT2D eigenvalue weighted by atomic mass is 16.5. The molecule has 3 nitrogen and oxygen atoms in total. The smallest absolute Gasteiger partial charge is 0.126 e. The Morgan fingerprint density at radius 3 is 2.33 bits per heavy atom. The van der Waals surface area contributed by atoms with Crippen molar-refractivity contribution in [2.45, 2.75) is 26.9 Å². The van der Waals surface area contributed by atoms with Crippen LogP contribution >= 0.6 is 0 Å². The summed E-state index contributed by atoms with van der Waals surface area (Å²) in [6.07, 6.45) is -0.589. The highest BCUT2D eigenvalue weighted by Gasteiger charge is 2.19. The highest BCUT2D eigenvalue weighted by Crippen LogP contribution is 2.38. The van der Waals surface area contributed by atoms with Gasteiger partial charge < -0.3 is 14.7 Å². The van der Waals surface area contributed by atoms with E-state index in [1.54, 1.807) is 14.0 Å². The molecule has 1 atom stereocenters. The van der Waals surface area contributed by atoms with E-state index in [9.17, 15) is 5.11 Å². The number of hydrogen-bond donors (Lipinski definition) is 1. The van der Waals surface area contributed by atoms with Gasteiger partial charge in [-0.25, -0.2) is 0 Å². The third kappa shape index (κ3) is 3.03. The van der Waals surface area contributed by atoms with Crippen molar-refractivity contribution in [1.29, 1.82) is 0 Å². The van der Waals surface area contributed by atoms with Crippen LogP contribution in [0, 0.1) is 6.92 Å². The third-order valence-electron chi connectivity index (χ3n) is 3.69. The maximum absolute atomic E-state index is 10.2. The summed E-state index contributed by atoms with van der Waals surface area (Å²) in [5.41, 5.74) is 4.17. The van der Waals surface area contributed by atoms with E-state index in [1.807, 2.05) is 30.3 Å². The molecule has 2 aromatic rings. The molecule has 0 amide bonds. The first-order chi connectivity index (χ1) is 10.1.